The molecule has 3 aromatic carbocycles. The molecule has 4 rings (SSSR count). The van der Waals surface area contributed by atoms with Crippen molar-refractivity contribution in [3.63, 3.8) is 0 Å². The van der Waals surface area contributed by atoms with Crippen LogP contribution in [0.3, 0.4) is 0 Å². The molecular weight excluding hydrogens is 980 g/mol. The zero-order valence-electron chi connectivity index (χ0n) is 15.4. The molecule has 0 saturated carbocycles. The van der Waals surface area contributed by atoms with Crippen molar-refractivity contribution in [2.75, 3.05) is 0 Å². The summed E-state index contributed by atoms with van der Waals surface area (Å²) in [6.45, 7) is 0. The van der Waals surface area contributed by atoms with Crippen LogP contribution in [0, 0.1) is 0 Å². The van der Waals surface area contributed by atoms with E-state index in [1.807, 2.05) is 0 Å². The SMILES string of the molecule is O=S1(=O)OC(c2cc(Br)c(O)c(Br)c2)(c2cc(Br)c(O)c(Br)c2)c2c(Br)c(Br)c(Br)c(Br)c21. The fourth-order valence-electron chi connectivity index (χ4n) is 3.50. The number of phenolic OH excluding ortho intramolecular Hbond substituents is 2. The van der Waals surface area contributed by atoms with Gasteiger partial charge in [0.25, 0.3) is 10.1 Å². The van der Waals surface area contributed by atoms with Crippen molar-refractivity contribution in [3.8, 4) is 11.5 Å². The first-order chi connectivity index (χ1) is 15.2. The molecule has 0 fully saturated rings. The first-order valence-corrected chi connectivity index (χ1v) is 16.2. The van der Waals surface area contributed by atoms with Gasteiger partial charge in [-0.15, -0.1) is 0 Å². The minimum absolute atomic E-state index is 0.0553. The second kappa shape index (κ2) is 9.39. The van der Waals surface area contributed by atoms with Gasteiger partial charge in [0.05, 0.1) is 22.4 Å². The lowest BCUT2D eigenvalue weighted by Gasteiger charge is -2.31. The Hall–Kier alpha value is 1.01. The normalized spacial score (nSPS) is 16.1. The summed E-state index contributed by atoms with van der Waals surface area (Å²) in [5, 5.41) is 20.6. The maximum absolute atomic E-state index is 13.5. The monoisotopic (exact) mass is 977 g/mol. The summed E-state index contributed by atoms with van der Waals surface area (Å²) in [6, 6.07) is 6.32. The van der Waals surface area contributed by atoms with E-state index < -0.39 is 15.7 Å². The Bertz CT molecular complexity index is 1370. The summed E-state index contributed by atoms with van der Waals surface area (Å²) >= 11 is 27.2. The number of aromatic hydroxyl groups is 2. The maximum Gasteiger partial charge on any atom is 0.300 e. The molecular formula is C19H6Br8O5S. The van der Waals surface area contributed by atoms with Crippen LogP contribution in [0.25, 0.3) is 0 Å². The van der Waals surface area contributed by atoms with E-state index in [0.29, 0.717) is 48.0 Å². The Kier molecular flexibility index (Phi) is 7.70. The number of hydrogen-bond acceptors (Lipinski definition) is 5. The Morgan fingerprint density at radius 3 is 1.39 bits per heavy atom. The molecule has 1 aliphatic rings. The summed E-state index contributed by atoms with van der Waals surface area (Å²) in [6.07, 6.45) is 0. The van der Waals surface area contributed by atoms with Gasteiger partial charge in [-0.3, -0.25) is 0 Å². The fourth-order valence-corrected chi connectivity index (χ4v) is 10.6. The Labute approximate surface area is 255 Å². The first-order valence-electron chi connectivity index (χ1n) is 8.43. The Morgan fingerprint density at radius 2 is 1.00 bits per heavy atom. The van der Waals surface area contributed by atoms with Crippen LogP contribution in [-0.4, -0.2) is 18.6 Å². The topological polar surface area (TPSA) is 83.8 Å². The van der Waals surface area contributed by atoms with E-state index in [-0.39, 0.29) is 20.9 Å². The van der Waals surface area contributed by atoms with Gasteiger partial charge >= 0.3 is 0 Å². The standard InChI is InChI=1S/C19H6Br8O5S/c20-7-1-5(2-8(21)16(7)28)19(6-3-9(22)17(29)10(23)4-6)11-12(24)13(25)14(26)15(27)18(11)33(30,31)32-19/h1-4,28-29H. The molecule has 174 valence electrons. The molecule has 3 aromatic rings. The van der Waals surface area contributed by atoms with Crippen molar-refractivity contribution in [1.29, 1.82) is 0 Å². The zero-order chi connectivity index (χ0) is 24.6. The smallest absolute Gasteiger partial charge is 0.300 e. The van der Waals surface area contributed by atoms with Gasteiger partial charge in [0.15, 0.2) is 5.60 Å². The highest BCUT2D eigenvalue weighted by Gasteiger charge is 2.55. The third-order valence-corrected chi connectivity index (χ3v) is 13.7. The van der Waals surface area contributed by atoms with Crippen LogP contribution in [0.15, 0.2) is 64.9 Å². The van der Waals surface area contributed by atoms with E-state index in [2.05, 4.69) is 127 Å². The molecule has 0 radical (unpaired) electrons. The molecule has 5 nitrogen and oxygen atoms in total. The van der Waals surface area contributed by atoms with Crippen molar-refractivity contribution in [3.05, 3.63) is 76.7 Å². The van der Waals surface area contributed by atoms with E-state index in [4.69, 9.17) is 4.18 Å². The van der Waals surface area contributed by atoms with Crippen molar-refractivity contribution in [2.45, 2.75) is 10.5 Å². The van der Waals surface area contributed by atoms with Crippen LogP contribution in [0.4, 0.5) is 0 Å². The van der Waals surface area contributed by atoms with Gasteiger partial charge in [0.2, 0.25) is 0 Å². The minimum Gasteiger partial charge on any atom is -0.506 e. The highest BCUT2D eigenvalue weighted by molar-refractivity contribution is 9.15. The van der Waals surface area contributed by atoms with Gasteiger partial charge in [-0.1, -0.05) is 0 Å². The van der Waals surface area contributed by atoms with Crippen LogP contribution in [0.5, 0.6) is 11.5 Å². The molecule has 1 heterocycles. The number of halogens is 8. The quantitative estimate of drug-likeness (QED) is 0.152. The van der Waals surface area contributed by atoms with E-state index in [1.54, 1.807) is 24.3 Å². The average Bonchev–Trinajstić information content (AvgIpc) is 3.00. The number of fused-ring (bicyclic) bond motifs is 1. The van der Waals surface area contributed by atoms with Crippen LogP contribution in [0.2, 0.25) is 0 Å². The van der Waals surface area contributed by atoms with Crippen molar-refractivity contribution in [2.24, 2.45) is 0 Å². The van der Waals surface area contributed by atoms with E-state index in [1.165, 1.54) is 0 Å². The molecule has 0 spiro atoms. The van der Waals surface area contributed by atoms with Crippen molar-refractivity contribution < 1.29 is 22.8 Å². The number of phenols is 2. The largest absolute Gasteiger partial charge is 0.506 e. The molecule has 0 atom stereocenters. The molecule has 0 aliphatic carbocycles. The summed E-state index contributed by atoms with van der Waals surface area (Å²) in [5.74, 6) is -0.111. The van der Waals surface area contributed by atoms with E-state index in [0.717, 1.165) is 0 Å². The molecule has 2 N–H and O–H groups in total. The zero-order valence-corrected chi connectivity index (χ0v) is 28.9. The predicted molar refractivity (Wildman–Crippen MR) is 152 cm³/mol. The highest BCUT2D eigenvalue weighted by atomic mass is 79.9. The lowest BCUT2D eigenvalue weighted by atomic mass is 9.80. The predicted octanol–water partition coefficient (Wildman–Crippen LogP) is 9.21. The summed E-state index contributed by atoms with van der Waals surface area (Å²) in [5.41, 5.74) is -0.602. The maximum atomic E-state index is 13.5. The average molecular weight is 986 g/mol. The molecule has 0 aromatic heterocycles. The van der Waals surface area contributed by atoms with Crippen LogP contribution in [-0.2, 0) is 19.9 Å². The Balaban J connectivity index is 2.29. The second-order valence-electron chi connectivity index (χ2n) is 6.76. The molecule has 0 bridgehead atoms. The van der Waals surface area contributed by atoms with Gasteiger partial charge < -0.3 is 10.2 Å². The number of hydrogen-bond donors (Lipinski definition) is 2. The second-order valence-corrected chi connectivity index (χ2v) is 14.8. The number of benzene rings is 3. The molecule has 0 unspecified atom stereocenters. The van der Waals surface area contributed by atoms with E-state index >= 15 is 0 Å². The van der Waals surface area contributed by atoms with Crippen molar-refractivity contribution in [1.82, 2.24) is 0 Å². The summed E-state index contributed by atoms with van der Waals surface area (Å²) < 4.78 is 36.0. The first kappa shape index (κ1) is 27.1. The molecule has 0 amide bonds. The molecule has 1 aliphatic heterocycles. The lowest BCUT2D eigenvalue weighted by Crippen LogP contribution is -2.30. The molecule has 0 saturated heterocycles. The van der Waals surface area contributed by atoms with Gasteiger partial charge in [-0.25, -0.2) is 4.18 Å². The third kappa shape index (κ3) is 4.19. The number of rotatable bonds is 2. The van der Waals surface area contributed by atoms with Crippen LogP contribution >= 0.6 is 127 Å². The third-order valence-electron chi connectivity index (χ3n) is 4.91. The van der Waals surface area contributed by atoms with Gasteiger partial charge in [0, 0.05) is 19.0 Å². The van der Waals surface area contributed by atoms with Gasteiger partial charge in [-0.2, -0.15) is 8.42 Å². The van der Waals surface area contributed by atoms with Gasteiger partial charge in [0.1, 0.15) is 16.4 Å². The summed E-state index contributed by atoms with van der Waals surface area (Å²) in [4.78, 5) is -0.0647. The van der Waals surface area contributed by atoms with Gasteiger partial charge in [-0.05, 0) is 163 Å². The van der Waals surface area contributed by atoms with Crippen LogP contribution < -0.4 is 0 Å². The minimum atomic E-state index is -4.29. The summed E-state index contributed by atoms with van der Waals surface area (Å²) in [7, 11) is -4.29. The molecule has 33 heavy (non-hydrogen) atoms. The Morgan fingerprint density at radius 1 is 0.636 bits per heavy atom. The van der Waals surface area contributed by atoms with Crippen LogP contribution in [0.1, 0.15) is 16.7 Å². The van der Waals surface area contributed by atoms with E-state index in [9.17, 15) is 18.6 Å². The highest BCUT2D eigenvalue weighted by Crippen LogP contribution is 2.59. The van der Waals surface area contributed by atoms with Crippen molar-refractivity contribution >= 4 is 138 Å². The molecule has 14 heteroatoms. The lowest BCUT2D eigenvalue weighted by molar-refractivity contribution is 0.179. The fraction of sp³-hybridized carbons (Fsp3) is 0.0526.